The van der Waals surface area contributed by atoms with Crippen LogP contribution in [0.4, 0.5) is 0 Å². The van der Waals surface area contributed by atoms with Crippen molar-refractivity contribution in [1.82, 2.24) is 4.90 Å². The van der Waals surface area contributed by atoms with E-state index < -0.39 is 0 Å². The van der Waals surface area contributed by atoms with E-state index in [9.17, 15) is 4.79 Å². The second-order valence-corrected chi connectivity index (χ2v) is 5.54. The standard InChI is InChI=1S/C13H23NO2/c1-10(2)9-16-6-5-14-11-3-4-12(14)8-13(15)7-11/h10-12H,3-9H2,1-2H3. The normalized spacial score (nSPS) is 30.3. The van der Waals surface area contributed by atoms with Gasteiger partial charge in [-0.2, -0.15) is 0 Å². The number of hydrogen-bond donors (Lipinski definition) is 0. The number of hydrogen-bond acceptors (Lipinski definition) is 3. The van der Waals surface area contributed by atoms with Gasteiger partial charge in [-0.15, -0.1) is 0 Å². The van der Waals surface area contributed by atoms with Crippen LogP contribution in [-0.4, -0.2) is 42.5 Å². The number of carbonyl (C=O) groups excluding carboxylic acids is 1. The molecule has 2 unspecified atom stereocenters. The van der Waals surface area contributed by atoms with Gasteiger partial charge < -0.3 is 4.74 Å². The van der Waals surface area contributed by atoms with Crippen LogP contribution in [0.25, 0.3) is 0 Å². The number of fused-ring (bicyclic) bond motifs is 2. The molecule has 2 rings (SSSR count). The molecular weight excluding hydrogens is 202 g/mol. The summed E-state index contributed by atoms with van der Waals surface area (Å²) >= 11 is 0. The van der Waals surface area contributed by atoms with Gasteiger partial charge in [0.2, 0.25) is 0 Å². The van der Waals surface area contributed by atoms with E-state index in [1.807, 2.05) is 0 Å². The predicted octanol–water partition coefficient (Wildman–Crippen LogP) is 1.85. The number of carbonyl (C=O) groups is 1. The molecule has 2 saturated heterocycles. The maximum Gasteiger partial charge on any atom is 0.136 e. The third kappa shape index (κ3) is 2.83. The zero-order chi connectivity index (χ0) is 11.5. The van der Waals surface area contributed by atoms with Crippen molar-refractivity contribution < 1.29 is 9.53 Å². The molecule has 0 aliphatic carbocycles. The summed E-state index contributed by atoms with van der Waals surface area (Å²) in [6.07, 6.45) is 3.97. The van der Waals surface area contributed by atoms with Crippen LogP contribution < -0.4 is 0 Å². The summed E-state index contributed by atoms with van der Waals surface area (Å²) < 4.78 is 5.62. The van der Waals surface area contributed by atoms with E-state index in [4.69, 9.17) is 4.74 Å². The van der Waals surface area contributed by atoms with Crippen LogP contribution in [0.1, 0.15) is 39.5 Å². The molecule has 2 fully saturated rings. The van der Waals surface area contributed by atoms with Gasteiger partial charge in [0.1, 0.15) is 5.78 Å². The molecule has 0 radical (unpaired) electrons. The van der Waals surface area contributed by atoms with Gasteiger partial charge in [0.05, 0.1) is 6.61 Å². The Labute approximate surface area is 98.1 Å². The lowest BCUT2D eigenvalue weighted by molar-refractivity contribution is -0.123. The van der Waals surface area contributed by atoms with Gasteiger partial charge in [0, 0.05) is 38.1 Å². The molecule has 2 aliphatic rings. The molecule has 2 heterocycles. The van der Waals surface area contributed by atoms with Crippen LogP contribution in [-0.2, 0) is 9.53 Å². The Morgan fingerprint density at radius 2 is 1.94 bits per heavy atom. The van der Waals surface area contributed by atoms with E-state index in [1.54, 1.807) is 0 Å². The van der Waals surface area contributed by atoms with Gasteiger partial charge in [0.25, 0.3) is 0 Å². The van der Waals surface area contributed by atoms with Gasteiger partial charge in [0.15, 0.2) is 0 Å². The minimum atomic E-state index is 0.465. The van der Waals surface area contributed by atoms with Gasteiger partial charge in [-0.05, 0) is 18.8 Å². The van der Waals surface area contributed by atoms with Crippen LogP contribution in [0.3, 0.4) is 0 Å². The highest BCUT2D eigenvalue weighted by Crippen LogP contribution is 2.33. The third-order valence-electron chi connectivity index (χ3n) is 3.64. The van der Waals surface area contributed by atoms with Gasteiger partial charge in [-0.3, -0.25) is 9.69 Å². The average molecular weight is 225 g/mol. The molecular formula is C13H23NO2. The minimum absolute atomic E-state index is 0.465. The fraction of sp³-hybridized carbons (Fsp3) is 0.923. The van der Waals surface area contributed by atoms with Gasteiger partial charge in [-0.1, -0.05) is 13.8 Å². The summed E-state index contributed by atoms with van der Waals surface area (Å²) in [5.41, 5.74) is 0. The first-order chi connectivity index (χ1) is 7.66. The second kappa shape index (κ2) is 5.28. The fourth-order valence-electron chi connectivity index (χ4n) is 2.92. The Kier molecular flexibility index (Phi) is 3.98. The van der Waals surface area contributed by atoms with Crippen LogP contribution in [0.15, 0.2) is 0 Å². The molecule has 0 spiro atoms. The smallest absolute Gasteiger partial charge is 0.136 e. The number of Topliss-reactive ketones (excluding diaryl/α,β-unsaturated/α-hetero) is 1. The van der Waals surface area contributed by atoms with Crippen molar-refractivity contribution in [3.63, 3.8) is 0 Å². The van der Waals surface area contributed by atoms with Crippen molar-refractivity contribution in [2.24, 2.45) is 5.92 Å². The molecule has 0 aromatic carbocycles. The summed E-state index contributed by atoms with van der Waals surface area (Å²) in [5, 5.41) is 0. The zero-order valence-electron chi connectivity index (χ0n) is 10.4. The highest BCUT2D eigenvalue weighted by molar-refractivity contribution is 5.80. The lowest BCUT2D eigenvalue weighted by Gasteiger charge is -2.33. The van der Waals surface area contributed by atoms with Crippen molar-refractivity contribution in [3.05, 3.63) is 0 Å². The number of piperidine rings is 1. The summed E-state index contributed by atoms with van der Waals surface area (Å²) in [4.78, 5) is 13.9. The van der Waals surface area contributed by atoms with E-state index in [0.717, 1.165) is 32.6 Å². The molecule has 16 heavy (non-hydrogen) atoms. The Morgan fingerprint density at radius 3 is 2.50 bits per heavy atom. The topological polar surface area (TPSA) is 29.5 Å². The molecule has 0 aromatic rings. The quantitative estimate of drug-likeness (QED) is 0.669. The molecule has 2 aliphatic heterocycles. The number of nitrogens with zero attached hydrogens (tertiary/aromatic N) is 1. The molecule has 3 nitrogen and oxygen atoms in total. The first-order valence-electron chi connectivity index (χ1n) is 6.52. The number of ketones is 1. The van der Waals surface area contributed by atoms with Crippen LogP contribution in [0.2, 0.25) is 0 Å². The Hall–Kier alpha value is -0.410. The van der Waals surface area contributed by atoms with E-state index in [0.29, 0.717) is 23.8 Å². The first kappa shape index (κ1) is 12.1. The molecule has 0 aromatic heterocycles. The van der Waals surface area contributed by atoms with Crippen molar-refractivity contribution in [2.75, 3.05) is 19.8 Å². The van der Waals surface area contributed by atoms with E-state index in [1.165, 1.54) is 12.8 Å². The van der Waals surface area contributed by atoms with E-state index >= 15 is 0 Å². The molecule has 2 bridgehead atoms. The zero-order valence-corrected chi connectivity index (χ0v) is 10.4. The molecule has 0 N–H and O–H groups in total. The number of ether oxygens (including phenoxy) is 1. The summed E-state index contributed by atoms with van der Waals surface area (Å²) in [7, 11) is 0. The highest BCUT2D eigenvalue weighted by Gasteiger charge is 2.39. The number of rotatable bonds is 5. The van der Waals surface area contributed by atoms with Crippen molar-refractivity contribution in [2.45, 2.75) is 51.6 Å². The second-order valence-electron chi connectivity index (χ2n) is 5.54. The van der Waals surface area contributed by atoms with Gasteiger partial charge in [-0.25, -0.2) is 0 Å². The maximum absolute atomic E-state index is 11.4. The Balaban J connectivity index is 1.72. The minimum Gasteiger partial charge on any atom is -0.380 e. The van der Waals surface area contributed by atoms with Crippen molar-refractivity contribution >= 4 is 5.78 Å². The SMILES string of the molecule is CC(C)COCCN1C2CCC1CC(=O)C2. The average Bonchev–Trinajstić information content (AvgIpc) is 2.45. The maximum atomic E-state index is 11.4. The highest BCUT2D eigenvalue weighted by atomic mass is 16.5. The van der Waals surface area contributed by atoms with Crippen molar-refractivity contribution in [1.29, 1.82) is 0 Å². The molecule has 3 heteroatoms. The largest absolute Gasteiger partial charge is 0.380 e. The fourth-order valence-corrected chi connectivity index (χ4v) is 2.92. The Morgan fingerprint density at radius 1 is 1.31 bits per heavy atom. The van der Waals surface area contributed by atoms with Crippen LogP contribution in [0, 0.1) is 5.92 Å². The summed E-state index contributed by atoms with van der Waals surface area (Å²) in [6.45, 7) is 7.02. The predicted molar refractivity (Wildman–Crippen MR) is 63.4 cm³/mol. The molecule has 0 saturated carbocycles. The third-order valence-corrected chi connectivity index (χ3v) is 3.64. The lowest BCUT2D eigenvalue weighted by Crippen LogP contribution is -2.44. The molecule has 2 atom stereocenters. The molecule has 0 amide bonds. The van der Waals surface area contributed by atoms with Crippen LogP contribution in [0.5, 0.6) is 0 Å². The van der Waals surface area contributed by atoms with Crippen molar-refractivity contribution in [3.8, 4) is 0 Å². The summed E-state index contributed by atoms with van der Waals surface area (Å²) in [6, 6.07) is 1.04. The van der Waals surface area contributed by atoms with E-state index in [2.05, 4.69) is 18.7 Å². The lowest BCUT2D eigenvalue weighted by atomic mass is 10.0. The van der Waals surface area contributed by atoms with Crippen LogP contribution >= 0.6 is 0 Å². The van der Waals surface area contributed by atoms with E-state index in [-0.39, 0.29) is 0 Å². The summed E-state index contributed by atoms with van der Waals surface area (Å²) in [5.74, 6) is 1.08. The molecule has 92 valence electrons. The first-order valence-corrected chi connectivity index (χ1v) is 6.52. The Bertz CT molecular complexity index is 236. The van der Waals surface area contributed by atoms with Gasteiger partial charge >= 0.3 is 0 Å². The monoisotopic (exact) mass is 225 g/mol.